The average molecular weight is 192 g/mol. The fourth-order valence-electron chi connectivity index (χ4n) is 0.737. The van der Waals surface area contributed by atoms with E-state index in [-0.39, 0.29) is 6.61 Å². The molecule has 1 aliphatic heterocycles. The molecule has 2 nitrogen and oxygen atoms in total. The summed E-state index contributed by atoms with van der Waals surface area (Å²) in [6, 6.07) is 0. The Hall–Kier alpha value is 0.360. The van der Waals surface area contributed by atoms with E-state index in [0.717, 1.165) is 0 Å². The summed E-state index contributed by atoms with van der Waals surface area (Å²) in [6.45, 7) is 1.20. The fourth-order valence-corrected chi connectivity index (χ4v) is 3.13. The molecule has 1 fully saturated rings. The van der Waals surface area contributed by atoms with Gasteiger partial charge in [0.2, 0.25) is 0 Å². The Morgan fingerprint density at radius 3 is 3.18 bits per heavy atom. The molecule has 1 saturated heterocycles. The molecule has 0 aliphatic carbocycles. The van der Waals surface area contributed by atoms with E-state index in [4.69, 9.17) is 9.84 Å². The third-order valence-corrected chi connectivity index (χ3v) is 3.83. The minimum Gasteiger partial charge on any atom is -0.394 e. The van der Waals surface area contributed by atoms with Gasteiger partial charge in [-0.2, -0.15) is 0 Å². The van der Waals surface area contributed by atoms with Gasteiger partial charge in [0.15, 0.2) is 0 Å². The predicted molar refractivity (Wildman–Crippen MR) is 50.7 cm³/mol. The predicted octanol–water partition coefficient (Wildman–Crippen LogP) is 1.66. The molecule has 1 aliphatic rings. The summed E-state index contributed by atoms with van der Waals surface area (Å²) in [5, 5.41) is 8.40. The van der Waals surface area contributed by atoms with Crippen LogP contribution in [-0.4, -0.2) is 30.7 Å². The summed E-state index contributed by atoms with van der Waals surface area (Å²) in [5.74, 6) is 1.22. The van der Waals surface area contributed by atoms with Gasteiger partial charge in [-0.05, 0) is 17.4 Å². The molecular formula is C7H12O2S2. The summed E-state index contributed by atoms with van der Waals surface area (Å²) in [4.78, 5) is 1.41. The summed E-state index contributed by atoms with van der Waals surface area (Å²) in [7, 11) is 3.73. The molecule has 0 saturated carbocycles. The molecule has 0 aromatic heterocycles. The molecule has 0 radical (unpaired) electrons. The molecule has 0 aromatic carbocycles. The molecule has 0 bridgehead atoms. The van der Waals surface area contributed by atoms with Crippen LogP contribution in [0.3, 0.4) is 0 Å². The van der Waals surface area contributed by atoms with Crippen molar-refractivity contribution >= 4 is 21.6 Å². The van der Waals surface area contributed by atoms with Crippen LogP contribution < -0.4 is 0 Å². The number of rotatable bonds is 4. The van der Waals surface area contributed by atoms with E-state index in [1.165, 1.54) is 17.1 Å². The molecule has 0 spiro atoms. The van der Waals surface area contributed by atoms with E-state index >= 15 is 0 Å². The highest BCUT2D eigenvalue weighted by molar-refractivity contribution is 8.78. The fraction of sp³-hybridized carbons (Fsp3) is 0.714. The summed E-state index contributed by atoms with van der Waals surface area (Å²) in [6.07, 6.45) is 3.28. The van der Waals surface area contributed by atoms with E-state index in [1.807, 2.05) is 21.6 Å². The number of ether oxygens (including phenoxy) is 1. The standard InChI is InChI=1S/C7H12O2S2/c8-3-5-9-4-1-7-2-6-10-11-7/h1,8H,2-6H2/b7-1-. The normalized spacial score (nSPS) is 21.4. The molecule has 1 N–H and O–H groups in total. The van der Waals surface area contributed by atoms with Gasteiger partial charge < -0.3 is 9.84 Å². The number of allylic oxidation sites excluding steroid dienone is 1. The Kier molecular flexibility index (Phi) is 5.10. The first kappa shape index (κ1) is 9.45. The lowest BCUT2D eigenvalue weighted by atomic mass is 10.4. The van der Waals surface area contributed by atoms with Crippen LogP contribution in [-0.2, 0) is 4.74 Å². The topological polar surface area (TPSA) is 29.5 Å². The van der Waals surface area contributed by atoms with Gasteiger partial charge in [-0.15, -0.1) is 0 Å². The minimum atomic E-state index is 0.116. The lowest BCUT2D eigenvalue weighted by Crippen LogP contribution is -1.98. The molecule has 0 aromatic rings. The maximum atomic E-state index is 8.40. The van der Waals surface area contributed by atoms with Crippen LogP contribution >= 0.6 is 21.6 Å². The Balaban J connectivity index is 2.03. The summed E-state index contributed by atoms with van der Waals surface area (Å²) >= 11 is 0. The van der Waals surface area contributed by atoms with Crippen molar-refractivity contribution in [2.24, 2.45) is 0 Å². The molecule has 0 atom stereocenters. The Morgan fingerprint density at radius 2 is 2.55 bits per heavy atom. The minimum absolute atomic E-state index is 0.116. The summed E-state index contributed by atoms with van der Waals surface area (Å²) < 4.78 is 5.10. The zero-order valence-electron chi connectivity index (χ0n) is 6.28. The second kappa shape index (κ2) is 5.94. The number of hydrogen-bond donors (Lipinski definition) is 1. The highest BCUT2D eigenvalue weighted by Gasteiger charge is 2.06. The monoisotopic (exact) mass is 192 g/mol. The average Bonchev–Trinajstić information content (AvgIpc) is 2.50. The van der Waals surface area contributed by atoms with Crippen LogP contribution in [0.15, 0.2) is 11.0 Å². The van der Waals surface area contributed by atoms with Crippen molar-refractivity contribution in [3.63, 3.8) is 0 Å². The van der Waals surface area contributed by atoms with Crippen LogP contribution in [0.25, 0.3) is 0 Å². The molecule has 64 valence electrons. The van der Waals surface area contributed by atoms with Gasteiger partial charge in [0, 0.05) is 5.75 Å². The van der Waals surface area contributed by atoms with Gasteiger partial charge in [0.25, 0.3) is 0 Å². The lowest BCUT2D eigenvalue weighted by Gasteiger charge is -1.97. The SMILES string of the molecule is OCCOC/C=C1/CCSS1. The van der Waals surface area contributed by atoms with E-state index in [0.29, 0.717) is 13.2 Å². The van der Waals surface area contributed by atoms with Gasteiger partial charge in [-0.3, -0.25) is 0 Å². The van der Waals surface area contributed by atoms with E-state index in [2.05, 4.69) is 6.08 Å². The maximum absolute atomic E-state index is 8.40. The van der Waals surface area contributed by atoms with Crippen molar-refractivity contribution in [2.45, 2.75) is 6.42 Å². The van der Waals surface area contributed by atoms with Crippen LogP contribution in [0.1, 0.15) is 6.42 Å². The van der Waals surface area contributed by atoms with Crippen LogP contribution in [0, 0.1) is 0 Å². The molecule has 0 unspecified atom stereocenters. The largest absolute Gasteiger partial charge is 0.394 e. The van der Waals surface area contributed by atoms with Gasteiger partial charge in [0.05, 0.1) is 19.8 Å². The molecule has 11 heavy (non-hydrogen) atoms. The molecule has 4 heteroatoms. The first-order valence-corrected chi connectivity index (χ1v) is 5.92. The third-order valence-electron chi connectivity index (χ3n) is 1.26. The molecule has 1 heterocycles. The van der Waals surface area contributed by atoms with Crippen molar-refractivity contribution in [3.8, 4) is 0 Å². The Labute approximate surface area is 74.8 Å². The van der Waals surface area contributed by atoms with E-state index in [9.17, 15) is 0 Å². The summed E-state index contributed by atoms with van der Waals surface area (Å²) in [5.41, 5.74) is 0. The highest BCUT2D eigenvalue weighted by atomic mass is 33.1. The Bertz CT molecular complexity index is 128. The number of aliphatic hydroxyl groups is 1. The van der Waals surface area contributed by atoms with Crippen LogP contribution in [0.4, 0.5) is 0 Å². The van der Waals surface area contributed by atoms with Gasteiger partial charge >= 0.3 is 0 Å². The van der Waals surface area contributed by atoms with Crippen LogP contribution in [0.2, 0.25) is 0 Å². The third kappa shape index (κ3) is 4.06. The van der Waals surface area contributed by atoms with Crippen molar-refractivity contribution in [3.05, 3.63) is 11.0 Å². The van der Waals surface area contributed by atoms with Crippen LogP contribution in [0.5, 0.6) is 0 Å². The number of hydrogen-bond acceptors (Lipinski definition) is 4. The van der Waals surface area contributed by atoms with Crippen molar-refractivity contribution in [2.75, 3.05) is 25.6 Å². The van der Waals surface area contributed by atoms with Gasteiger partial charge in [0.1, 0.15) is 0 Å². The Morgan fingerprint density at radius 1 is 1.64 bits per heavy atom. The van der Waals surface area contributed by atoms with Crippen molar-refractivity contribution < 1.29 is 9.84 Å². The van der Waals surface area contributed by atoms with Gasteiger partial charge in [-0.25, -0.2) is 0 Å². The van der Waals surface area contributed by atoms with E-state index in [1.54, 1.807) is 0 Å². The first-order valence-electron chi connectivity index (χ1n) is 3.60. The first-order chi connectivity index (χ1) is 5.43. The lowest BCUT2D eigenvalue weighted by molar-refractivity contribution is 0.112. The van der Waals surface area contributed by atoms with Crippen molar-refractivity contribution in [1.82, 2.24) is 0 Å². The van der Waals surface area contributed by atoms with E-state index < -0.39 is 0 Å². The molecule has 1 rings (SSSR count). The zero-order chi connectivity index (χ0) is 7.94. The van der Waals surface area contributed by atoms with Crippen molar-refractivity contribution in [1.29, 1.82) is 0 Å². The highest BCUT2D eigenvalue weighted by Crippen LogP contribution is 2.40. The zero-order valence-corrected chi connectivity index (χ0v) is 7.92. The maximum Gasteiger partial charge on any atom is 0.0702 e. The second-order valence-corrected chi connectivity index (χ2v) is 4.67. The smallest absolute Gasteiger partial charge is 0.0702 e. The second-order valence-electron chi connectivity index (χ2n) is 2.12. The molecular weight excluding hydrogens is 180 g/mol. The molecule has 0 amide bonds. The quantitative estimate of drug-likeness (QED) is 0.542. The number of aliphatic hydroxyl groups excluding tert-OH is 1. The van der Waals surface area contributed by atoms with Gasteiger partial charge in [-0.1, -0.05) is 21.6 Å².